The van der Waals surface area contributed by atoms with Crippen LogP contribution >= 0.6 is 0 Å². The zero-order valence-electron chi connectivity index (χ0n) is 13.6. The molecule has 0 bridgehead atoms. The Kier molecular flexibility index (Phi) is 4.51. The molecule has 26 heavy (non-hydrogen) atoms. The van der Waals surface area contributed by atoms with E-state index in [0.717, 1.165) is 12.2 Å². The molecule has 3 rings (SSSR count). The van der Waals surface area contributed by atoms with Crippen LogP contribution in [0.4, 0.5) is 0 Å². The van der Waals surface area contributed by atoms with E-state index in [0.29, 0.717) is 22.6 Å². The molecule has 0 saturated heterocycles. The molecule has 1 aromatic rings. The van der Waals surface area contributed by atoms with Crippen LogP contribution in [0.25, 0.3) is 5.53 Å². The Labute approximate surface area is 147 Å². The van der Waals surface area contributed by atoms with E-state index in [1.807, 2.05) is 0 Å². The Morgan fingerprint density at radius 3 is 2.54 bits per heavy atom. The van der Waals surface area contributed by atoms with Crippen molar-refractivity contribution in [1.82, 2.24) is 0 Å². The molecule has 0 unspecified atom stereocenters. The Morgan fingerprint density at radius 1 is 1.15 bits per heavy atom. The van der Waals surface area contributed by atoms with Gasteiger partial charge >= 0.3 is 11.7 Å². The average molecular weight is 348 g/mol. The zero-order chi connectivity index (χ0) is 18.7. The topological polar surface area (TPSA) is 125 Å². The summed E-state index contributed by atoms with van der Waals surface area (Å²) in [6.45, 7) is 0. The SMILES string of the molecule is COC1=CC(=NN=C2C=CC(=O)C(C(=O)O)=C2)c2ccccc2C1=[N+]=[N-]. The van der Waals surface area contributed by atoms with E-state index in [9.17, 15) is 15.1 Å². The number of carbonyl (C=O) groups excluding carboxylic acids is 1. The minimum atomic E-state index is -1.33. The molecule has 0 aromatic heterocycles. The van der Waals surface area contributed by atoms with Gasteiger partial charge in [-0.15, -0.1) is 5.10 Å². The summed E-state index contributed by atoms with van der Waals surface area (Å²) in [6, 6.07) is 7.11. The monoisotopic (exact) mass is 348 g/mol. The highest BCUT2D eigenvalue weighted by atomic mass is 16.5. The number of hydrogen-bond acceptors (Lipinski definition) is 5. The van der Waals surface area contributed by atoms with Gasteiger partial charge in [0.2, 0.25) is 5.76 Å². The predicted molar refractivity (Wildman–Crippen MR) is 93.1 cm³/mol. The van der Waals surface area contributed by atoms with Gasteiger partial charge in [0.15, 0.2) is 5.78 Å². The zero-order valence-corrected chi connectivity index (χ0v) is 13.6. The summed E-state index contributed by atoms with van der Waals surface area (Å²) in [5.41, 5.74) is 11.1. The Hall–Kier alpha value is -3.90. The molecule has 0 amide bonds. The molecular formula is C18H12N4O4. The van der Waals surface area contributed by atoms with Crippen molar-refractivity contribution < 1.29 is 24.2 Å². The lowest BCUT2D eigenvalue weighted by molar-refractivity contribution is -0.134. The van der Waals surface area contributed by atoms with Crippen molar-refractivity contribution in [2.75, 3.05) is 7.11 Å². The number of carboxylic acids is 1. The first-order chi connectivity index (χ1) is 12.5. The Bertz CT molecular complexity index is 1020. The Balaban J connectivity index is 2.09. The minimum absolute atomic E-state index is 0.223. The number of aliphatic carboxylic acids is 1. The molecule has 0 radical (unpaired) electrons. The van der Waals surface area contributed by atoms with Crippen molar-refractivity contribution in [1.29, 1.82) is 0 Å². The number of carbonyl (C=O) groups is 2. The fraction of sp³-hybridized carbons (Fsp3) is 0.0556. The number of rotatable bonds is 3. The maximum atomic E-state index is 11.5. The van der Waals surface area contributed by atoms with Crippen LogP contribution in [0.5, 0.6) is 0 Å². The first-order valence-electron chi connectivity index (χ1n) is 7.46. The molecule has 128 valence electrons. The highest BCUT2D eigenvalue weighted by Gasteiger charge is 2.29. The fourth-order valence-electron chi connectivity index (χ4n) is 2.52. The van der Waals surface area contributed by atoms with Crippen molar-refractivity contribution >= 4 is 28.9 Å². The molecular weight excluding hydrogens is 336 g/mol. The van der Waals surface area contributed by atoms with Crippen molar-refractivity contribution in [2.45, 2.75) is 0 Å². The largest absolute Gasteiger partial charge is 0.489 e. The summed E-state index contributed by atoms with van der Waals surface area (Å²) < 4.78 is 5.23. The van der Waals surface area contributed by atoms with Gasteiger partial charge in [0, 0.05) is 11.6 Å². The number of nitrogens with zero attached hydrogens (tertiary/aromatic N) is 4. The molecule has 8 heteroatoms. The number of benzene rings is 1. The summed E-state index contributed by atoms with van der Waals surface area (Å²) in [6.07, 6.45) is 5.23. The Morgan fingerprint density at radius 2 is 1.88 bits per heavy atom. The van der Waals surface area contributed by atoms with Crippen LogP contribution in [-0.4, -0.2) is 45.9 Å². The van der Waals surface area contributed by atoms with E-state index in [4.69, 9.17) is 9.84 Å². The second-order valence-electron chi connectivity index (χ2n) is 5.28. The molecule has 0 atom stereocenters. The lowest BCUT2D eigenvalue weighted by Crippen LogP contribution is -2.20. The average Bonchev–Trinajstić information content (AvgIpc) is 2.66. The van der Waals surface area contributed by atoms with E-state index < -0.39 is 11.8 Å². The highest BCUT2D eigenvalue weighted by Crippen LogP contribution is 2.22. The first-order valence-corrected chi connectivity index (χ1v) is 7.46. The lowest BCUT2D eigenvalue weighted by atomic mass is 9.92. The minimum Gasteiger partial charge on any atom is -0.489 e. The van der Waals surface area contributed by atoms with Gasteiger partial charge in [-0.1, -0.05) is 18.2 Å². The van der Waals surface area contributed by atoms with Crippen LogP contribution in [0.3, 0.4) is 0 Å². The van der Waals surface area contributed by atoms with Gasteiger partial charge < -0.3 is 15.4 Å². The third-order valence-electron chi connectivity index (χ3n) is 3.75. The first kappa shape index (κ1) is 16.9. The standard InChI is InChI=1S/C18H12N4O4/c1-26-16-9-14(11-4-2-3-5-12(11)17(16)20-19)22-21-10-6-7-15(23)13(8-10)18(24)25/h2-9H,1H3,(H,24,25). The third kappa shape index (κ3) is 3.04. The van der Waals surface area contributed by atoms with E-state index in [1.54, 1.807) is 30.3 Å². The predicted octanol–water partition coefficient (Wildman–Crippen LogP) is 1.54. The van der Waals surface area contributed by atoms with Gasteiger partial charge in [-0.05, 0) is 24.3 Å². The summed E-state index contributed by atoms with van der Waals surface area (Å²) in [4.78, 5) is 25.8. The second-order valence-corrected chi connectivity index (χ2v) is 5.28. The van der Waals surface area contributed by atoms with Crippen LogP contribution < -0.4 is 0 Å². The number of ether oxygens (including phenoxy) is 1. The van der Waals surface area contributed by atoms with Crippen LogP contribution in [0.1, 0.15) is 11.1 Å². The number of carboxylic acid groups (broad SMARTS) is 1. The molecule has 0 saturated carbocycles. The number of hydrogen-bond donors (Lipinski definition) is 1. The number of methoxy groups -OCH3 is 1. The molecule has 0 aliphatic heterocycles. The van der Waals surface area contributed by atoms with Gasteiger partial charge in [-0.3, -0.25) is 4.79 Å². The van der Waals surface area contributed by atoms with Crippen molar-refractivity contribution in [3.05, 3.63) is 76.6 Å². The van der Waals surface area contributed by atoms with Crippen molar-refractivity contribution in [2.24, 2.45) is 10.2 Å². The summed E-state index contributed by atoms with van der Waals surface area (Å²) in [7, 11) is 1.44. The maximum absolute atomic E-state index is 11.5. The van der Waals surface area contributed by atoms with Crippen molar-refractivity contribution in [3.63, 3.8) is 0 Å². The molecule has 1 N–H and O–H groups in total. The second kappa shape index (κ2) is 6.92. The van der Waals surface area contributed by atoms with Crippen LogP contribution in [0.2, 0.25) is 0 Å². The molecule has 2 aliphatic carbocycles. The molecule has 0 fully saturated rings. The van der Waals surface area contributed by atoms with E-state index >= 15 is 0 Å². The molecule has 0 heterocycles. The van der Waals surface area contributed by atoms with Crippen LogP contribution in [0, 0.1) is 0 Å². The van der Waals surface area contributed by atoms with Gasteiger partial charge in [0.25, 0.3) is 0 Å². The number of allylic oxidation sites excluding steroid dienone is 5. The van der Waals surface area contributed by atoms with E-state index in [2.05, 4.69) is 15.0 Å². The molecule has 1 aromatic carbocycles. The highest BCUT2D eigenvalue weighted by molar-refractivity contribution is 6.30. The molecule has 8 nitrogen and oxygen atoms in total. The van der Waals surface area contributed by atoms with E-state index in [1.165, 1.54) is 13.2 Å². The summed E-state index contributed by atoms with van der Waals surface area (Å²) in [5, 5.41) is 17.2. The quantitative estimate of drug-likeness (QED) is 0.292. The van der Waals surface area contributed by atoms with Crippen LogP contribution in [-0.2, 0) is 14.3 Å². The summed E-state index contributed by atoms with van der Waals surface area (Å²) >= 11 is 0. The van der Waals surface area contributed by atoms with Crippen LogP contribution in [0.15, 0.2) is 70.1 Å². The normalized spacial score (nSPS) is 19.0. The smallest absolute Gasteiger partial charge is 0.364 e. The van der Waals surface area contributed by atoms with Crippen molar-refractivity contribution in [3.8, 4) is 0 Å². The van der Waals surface area contributed by atoms with Gasteiger partial charge in [-0.2, -0.15) is 9.89 Å². The molecule has 0 spiro atoms. The fourth-order valence-corrected chi connectivity index (χ4v) is 2.52. The summed E-state index contributed by atoms with van der Waals surface area (Å²) in [5.74, 6) is -1.62. The number of ketones is 1. The van der Waals surface area contributed by atoms with Gasteiger partial charge in [-0.25, -0.2) is 4.79 Å². The third-order valence-corrected chi connectivity index (χ3v) is 3.75. The lowest BCUT2D eigenvalue weighted by Gasteiger charge is -2.13. The van der Waals surface area contributed by atoms with E-state index in [-0.39, 0.29) is 17.0 Å². The number of fused-ring (bicyclic) bond motifs is 1. The van der Waals surface area contributed by atoms with Gasteiger partial charge in [0.1, 0.15) is 5.57 Å². The molecule has 2 aliphatic rings. The maximum Gasteiger partial charge on any atom is 0.364 e. The van der Waals surface area contributed by atoms with Gasteiger partial charge in [0.05, 0.1) is 24.1 Å².